The van der Waals surface area contributed by atoms with E-state index in [0.717, 1.165) is 12.8 Å². The van der Waals surface area contributed by atoms with Crippen LogP contribution in [0.3, 0.4) is 0 Å². The molecule has 0 bridgehead atoms. The van der Waals surface area contributed by atoms with Crippen molar-refractivity contribution in [2.75, 3.05) is 39.7 Å². The van der Waals surface area contributed by atoms with Gasteiger partial charge >= 0.3 is 0 Å². The standard InChI is InChI=1S/C22H32N6O4/c1-13(2)11-17(29)23-9-7-8-10-24-21-22-27-26-14(3)28(22)18-15(25-21)12-16(30-4)19(31-5)20(18)32-6/h12-13H,7-11H2,1-6H3,(H,23,29)(H,24,25). The summed E-state index contributed by atoms with van der Waals surface area (Å²) in [6.07, 6.45) is 2.29. The molecule has 1 aromatic carbocycles. The number of carbonyl (C=O) groups is 1. The van der Waals surface area contributed by atoms with E-state index in [-0.39, 0.29) is 5.91 Å². The number of unbranched alkanes of at least 4 members (excludes halogenated alkanes) is 1. The lowest BCUT2D eigenvalue weighted by molar-refractivity contribution is -0.121. The fraction of sp³-hybridized carbons (Fsp3) is 0.545. The highest BCUT2D eigenvalue weighted by Gasteiger charge is 2.22. The van der Waals surface area contributed by atoms with Crippen LogP contribution in [0.1, 0.15) is 38.9 Å². The number of hydrogen-bond acceptors (Lipinski definition) is 8. The van der Waals surface area contributed by atoms with Crippen molar-refractivity contribution in [1.29, 1.82) is 0 Å². The SMILES string of the molecule is COc1cc2nc(NCCCCNC(=O)CC(C)C)c3nnc(C)n3c2c(OC)c1OC. The van der Waals surface area contributed by atoms with Crippen LogP contribution in [0.5, 0.6) is 17.2 Å². The van der Waals surface area contributed by atoms with Gasteiger partial charge in [-0.15, -0.1) is 10.2 Å². The summed E-state index contributed by atoms with van der Waals surface area (Å²) in [5, 5.41) is 14.9. The van der Waals surface area contributed by atoms with Crippen LogP contribution in [0.2, 0.25) is 0 Å². The molecule has 2 aromatic heterocycles. The second-order valence-electron chi connectivity index (χ2n) is 7.96. The minimum absolute atomic E-state index is 0.100. The maximum absolute atomic E-state index is 11.7. The lowest BCUT2D eigenvalue weighted by Gasteiger charge is -2.17. The summed E-state index contributed by atoms with van der Waals surface area (Å²) in [6, 6.07) is 1.81. The third kappa shape index (κ3) is 4.79. The summed E-state index contributed by atoms with van der Waals surface area (Å²) in [4.78, 5) is 16.5. The summed E-state index contributed by atoms with van der Waals surface area (Å²) in [6.45, 7) is 7.29. The smallest absolute Gasteiger partial charge is 0.220 e. The number of aryl methyl sites for hydroxylation is 1. The molecule has 3 rings (SSSR count). The van der Waals surface area contributed by atoms with Crippen molar-refractivity contribution in [1.82, 2.24) is 24.9 Å². The number of amides is 1. The summed E-state index contributed by atoms with van der Waals surface area (Å²) >= 11 is 0. The number of nitrogens with one attached hydrogen (secondary N) is 2. The predicted molar refractivity (Wildman–Crippen MR) is 123 cm³/mol. The molecule has 0 saturated heterocycles. The Morgan fingerprint density at radius 1 is 1.06 bits per heavy atom. The third-order valence-electron chi connectivity index (χ3n) is 5.09. The first-order chi connectivity index (χ1) is 15.4. The van der Waals surface area contributed by atoms with Gasteiger partial charge in [0.05, 0.1) is 26.8 Å². The summed E-state index contributed by atoms with van der Waals surface area (Å²) in [5.74, 6) is 3.30. The zero-order valence-electron chi connectivity index (χ0n) is 19.6. The molecule has 0 aliphatic heterocycles. The van der Waals surface area contributed by atoms with Crippen LogP contribution in [-0.4, -0.2) is 59.9 Å². The highest BCUT2D eigenvalue weighted by molar-refractivity contribution is 5.92. The third-order valence-corrected chi connectivity index (χ3v) is 5.09. The van der Waals surface area contributed by atoms with Gasteiger partial charge in [-0.25, -0.2) is 4.98 Å². The van der Waals surface area contributed by atoms with Crippen LogP contribution in [0.15, 0.2) is 6.07 Å². The molecular weight excluding hydrogens is 412 g/mol. The molecule has 2 heterocycles. The van der Waals surface area contributed by atoms with Crippen molar-refractivity contribution in [3.8, 4) is 17.2 Å². The van der Waals surface area contributed by atoms with E-state index in [1.807, 2.05) is 31.2 Å². The highest BCUT2D eigenvalue weighted by atomic mass is 16.5. The molecule has 0 fully saturated rings. The van der Waals surface area contributed by atoms with Gasteiger partial charge in [0.1, 0.15) is 11.3 Å². The quantitative estimate of drug-likeness (QED) is 0.434. The van der Waals surface area contributed by atoms with Crippen LogP contribution in [-0.2, 0) is 4.79 Å². The Morgan fingerprint density at radius 2 is 1.78 bits per heavy atom. The van der Waals surface area contributed by atoms with Crippen molar-refractivity contribution in [2.24, 2.45) is 5.92 Å². The lowest BCUT2D eigenvalue weighted by atomic mass is 10.1. The maximum Gasteiger partial charge on any atom is 0.220 e. The van der Waals surface area contributed by atoms with E-state index < -0.39 is 0 Å². The van der Waals surface area contributed by atoms with Gasteiger partial charge in [0.15, 0.2) is 17.3 Å². The fourth-order valence-electron chi connectivity index (χ4n) is 3.63. The Morgan fingerprint density at radius 3 is 2.44 bits per heavy atom. The van der Waals surface area contributed by atoms with E-state index in [0.29, 0.717) is 71.0 Å². The van der Waals surface area contributed by atoms with Crippen LogP contribution in [0.25, 0.3) is 16.7 Å². The molecule has 0 aliphatic rings. The van der Waals surface area contributed by atoms with Crippen LogP contribution in [0.4, 0.5) is 5.82 Å². The largest absolute Gasteiger partial charge is 0.493 e. The first-order valence-electron chi connectivity index (χ1n) is 10.8. The average molecular weight is 445 g/mol. The van der Waals surface area contributed by atoms with Crippen molar-refractivity contribution in [3.63, 3.8) is 0 Å². The van der Waals surface area contributed by atoms with Gasteiger partial charge in [-0.2, -0.15) is 0 Å². The van der Waals surface area contributed by atoms with Gasteiger partial charge < -0.3 is 24.8 Å². The van der Waals surface area contributed by atoms with Gasteiger partial charge in [-0.05, 0) is 25.7 Å². The lowest BCUT2D eigenvalue weighted by Crippen LogP contribution is -2.25. The molecule has 10 heteroatoms. The maximum atomic E-state index is 11.7. The molecule has 0 unspecified atom stereocenters. The summed E-state index contributed by atoms with van der Waals surface area (Å²) in [5.41, 5.74) is 1.98. The number of nitrogens with zero attached hydrogens (tertiary/aromatic N) is 4. The normalized spacial score (nSPS) is 11.2. The predicted octanol–water partition coefficient (Wildman–Crippen LogP) is 2.97. The topological polar surface area (TPSA) is 112 Å². The molecule has 3 aromatic rings. The molecule has 32 heavy (non-hydrogen) atoms. The van der Waals surface area contributed by atoms with E-state index in [1.165, 1.54) is 0 Å². The van der Waals surface area contributed by atoms with Gasteiger partial charge in [0.25, 0.3) is 0 Å². The molecule has 0 aliphatic carbocycles. The Bertz CT molecular complexity index is 1100. The van der Waals surface area contributed by atoms with E-state index >= 15 is 0 Å². The minimum atomic E-state index is 0.100. The van der Waals surface area contributed by atoms with Crippen LogP contribution in [0, 0.1) is 12.8 Å². The van der Waals surface area contributed by atoms with Crippen LogP contribution >= 0.6 is 0 Å². The molecule has 1 amide bonds. The number of hydrogen-bond donors (Lipinski definition) is 2. The molecule has 0 radical (unpaired) electrons. The molecule has 10 nitrogen and oxygen atoms in total. The van der Waals surface area contributed by atoms with Crippen molar-refractivity contribution < 1.29 is 19.0 Å². The molecular formula is C22H32N6O4. The number of rotatable bonds is 11. The Labute approximate surface area is 187 Å². The zero-order chi connectivity index (χ0) is 23.3. The van der Waals surface area contributed by atoms with E-state index in [2.05, 4.69) is 20.8 Å². The fourth-order valence-corrected chi connectivity index (χ4v) is 3.63. The van der Waals surface area contributed by atoms with E-state index in [4.69, 9.17) is 19.2 Å². The number of methoxy groups -OCH3 is 3. The number of anilines is 1. The number of aromatic nitrogens is 4. The number of fused-ring (bicyclic) bond motifs is 3. The second-order valence-corrected chi connectivity index (χ2v) is 7.96. The van der Waals surface area contributed by atoms with Crippen molar-refractivity contribution >= 4 is 28.4 Å². The summed E-state index contributed by atoms with van der Waals surface area (Å²) in [7, 11) is 4.72. The minimum Gasteiger partial charge on any atom is -0.493 e. The Kier molecular flexibility index (Phi) is 7.55. The van der Waals surface area contributed by atoms with Crippen LogP contribution < -0.4 is 24.8 Å². The molecule has 0 atom stereocenters. The summed E-state index contributed by atoms with van der Waals surface area (Å²) < 4.78 is 18.6. The monoisotopic (exact) mass is 444 g/mol. The Balaban J connectivity index is 1.82. The average Bonchev–Trinajstić information content (AvgIpc) is 3.15. The zero-order valence-corrected chi connectivity index (χ0v) is 19.6. The van der Waals surface area contributed by atoms with E-state index in [9.17, 15) is 4.79 Å². The molecule has 0 saturated carbocycles. The second kappa shape index (κ2) is 10.3. The number of benzene rings is 1. The first kappa shape index (κ1) is 23.4. The van der Waals surface area contributed by atoms with Gasteiger partial charge in [-0.1, -0.05) is 13.8 Å². The highest BCUT2D eigenvalue weighted by Crippen LogP contribution is 2.43. The first-order valence-corrected chi connectivity index (χ1v) is 10.8. The molecule has 174 valence electrons. The van der Waals surface area contributed by atoms with Crippen molar-refractivity contribution in [2.45, 2.75) is 40.0 Å². The number of ether oxygens (including phenoxy) is 3. The van der Waals surface area contributed by atoms with E-state index in [1.54, 1.807) is 21.3 Å². The molecule has 0 spiro atoms. The van der Waals surface area contributed by atoms with Gasteiger partial charge in [0, 0.05) is 25.6 Å². The van der Waals surface area contributed by atoms with Gasteiger partial charge in [-0.3, -0.25) is 9.20 Å². The van der Waals surface area contributed by atoms with Crippen molar-refractivity contribution in [3.05, 3.63) is 11.9 Å². The Hall–Kier alpha value is -3.30. The number of carbonyl (C=O) groups excluding carboxylic acids is 1. The molecule has 2 N–H and O–H groups in total. The van der Waals surface area contributed by atoms with Gasteiger partial charge in [0.2, 0.25) is 17.3 Å².